The summed E-state index contributed by atoms with van der Waals surface area (Å²) >= 11 is 0. The molecule has 13 heavy (non-hydrogen) atoms. The molecule has 4 N–H and O–H groups in total. The minimum atomic E-state index is -5.02. The van der Waals surface area contributed by atoms with Gasteiger partial charge in [-0.25, -0.2) is 10.8 Å². The monoisotopic (exact) mass is 236 g/mol. The fraction of sp³-hybridized carbons (Fsp3) is 0. The molecule has 12 heteroatoms. The highest BCUT2D eigenvalue weighted by molar-refractivity contribution is 7.83. The van der Waals surface area contributed by atoms with Crippen molar-refractivity contribution in [3.05, 3.63) is 0 Å². The highest BCUT2D eigenvalue weighted by atomic mass is 32.3. The Hall–Kier alpha value is -0.880. The van der Waals surface area contributed by atoms with Crippen molar-refractivity contribution < 1.29 is 34.6 Å². The van der Waals surface area contributed by atoms with Crippen LogP contribution in [-0.2, 0) is 29.5 Å². The summed E-state index contributed by atoms with van der Waals surface area (Å²) in [6.07, 6.45) is 0. The Morgan fingerprint density at radius 1 is 0.923 bits per heavy atom. The van der Waals surface area contributed by atoms with Crippen LogP contribution in [-0.4, -0.2) is 31.9 Å². The topological polar surface area (TPSA) is 175 Å². The largest absolute Gasteiger partial charge is 0.425 e. The van der Waals surface area contributed by atoms with E-state index in [9.17, 15) is 16.8 Å². The van der Waals surface area contributed by atoms with Crippen LogP contribution in [0.3, 0.4) is 0 Å². The molecule has 0 aliphatic rings. The normalized spacial score (nSPS) is 10.9. The van der Waals surface area contributed by atoms with E-state index in [1.165, 1.54) is 6.01 Å². The minimum Gasteiger partial charge on any atom is -0.262 e. The van der Waals surface area contributed by atoms with Crippen LogP contribution in [0.4, 0.5) is 0 Å². The summed E-state index contributed by atoms with van der Waals surface area (Å²) in [7, 11) is -10.0. The molecule has 0 heterocycles. The average molecular weight is 236 g/mol. The van der Waals surface area contributed by atoms with Crippen molar-refractivity contribution in [1.29, 1.82) is 10.8 Å². The Kier molecular flexibility index (Phi) is 6.43. The molecule has 0 rings (SSSR count). The molecule has 0 atom stereocenters. The second-order valence-electron chi connectivity index (χ2n) is 1.12. The number of hydrogen-bond donors (Lipinski definition) is 4. The third kappa shape index (κ3) is 24.7. The van der Waals surface area contributed by atoms with Crippen LogP contribution in [0.5, 0.6) is 0 Å². The fourth-order valence-electron chi connectivity index (χ4n) is 0.0702. The molecule has 0 aromatic carbocycles. The molecule has 78 valence electrons. The highest BCUT2D eigenvalue weighted by Crippen LogP contribution is 1.92. The summed E-state index contributed by atoms with van der Waals surface area (Å²) in [5.74, 6) is 0. The zero-order valence-electron chi connectivity index (χ0n) is 5.66. The van der Waals surface area contributed by atoms with Gasteiger partial charge < -0.3 is 0 Å². The van der Waals surface area contributed by atoms with E-state index >= 15 is 0 Å². The maximum atomic E-state index is 9.51. The molecule has 0 amide bonds. The average Bonchev–Trinajstić information content (AvgIpc) is 1.82. The lowest BCUT2D eigenvalue weighted by Crippen LogP contribution is -2.10. The second kappa shape index (κ2) is 5.71. The third-order valence-electron chi connectivity index (χ3n) is 0.200. The van der Waals surface area contributed by atoms with Gasteiger partial charge in [-0.2, -0.15) is 16.8 Å². The lowest BCUT2D eigenvalue weighted by atomic mass is 11.6. The molecule has 0 saturated heterocycles. The molecule has 0 fully saturated rings. The second-order valence-corrected chi connectivity index (χ2v) is 3.10. The van der Waals surface area contributed by atoms with E-state index in [1.807, 2.05) is 0 Å². The van der Waals surface area contributed by atoms with E-state index in [1.54, 1.807) is 0 Å². The van der Waals surface area contributed by atoms with Crippen LogP contribution in [0.2, 0.25) is 0 Å². The van der Waals surface area contributed by atoms with Gasteiger partial charge in [0.1, 0.15) is 0 Å². The fourth-order valence-corrected chi connectivity index (χ4v) is 0.632. The zero-order valence-corrected chi connectivity index (χ0v) is 7.29. The molecule has 0 bridgehead atoms. The summed E-state index contributed by atoms with van der Waals surface area (Å²) in [6.45, 7) is 0. The molecule has 0 spiro atoms. The Morgan fingerprint density at radius 3 is 1.15 bits per heavy atom. The zero-order chi connectivity index (χ0) is 11.1. The van der Waals surface area contributed by atoms with Crippen LogP contribution < -0.4 is 0 Å². The van der Waals surface area contributed by atoms with Gasteiger partial charge in [0.15, 0.2) is 0 Å². The highest BCUT2D eigenvalue weighted by Gasteiger charge is 2.13. The van der Waals surface area contributed by atoms with Crippen molar-refractivity contribution in [2.24, 2.45) is 0 Å². The smallest absolute Gasteiger partial charge is 0.262 e. The van der Waals surface area contributed by atoms with Crippen molar-refractivity contribution in [2.75, 3.05) is 0 Å². The number of hydrogen-bond acceptors (Lipinski definition) is 8. The Balaban J connectivity index is 0. The minimum absolute atomic E-state index is 1.25. The van der Waals surface area contributed by atoms with E-state index in [4.69, 9.17) is 19.9 Å². The van der Waals surface area contributed by atoms with Gasteiger partial charge in [0.25, 0.3) is 0 Å². The molecule has 0 radical (unpaired) electrons. The predicted molar refractivity (Wildman–Crippen MR) is 35.7 cm³/mol. The van der Waals surface area contributed by atoms with Gasteiger partial charge in [-0.05, 0) is 0 Å². The van der Waals surface area contributed by atoms with Gasteiger partial charge >= 0.3 is 20.8 Å². The van der Waals surface area contributed by atoms with E-state index < -0.39 is 20.8 Å². The van der Waals surface area contributed by atoms with Crippen molar-refractivity contribution in [3.8, 4) is 0 Å². The summed E-state index contributed by atoms with van der Waals surface area (Å²) in [5, 5.41) is 11.2. The Labute approximate surface area is 72.9 Å². The SMILES string of the molecule is N=C=N.O=S(=O)(O)OOS(=O)(=O)O. The summed E-state index contributed by atoms with van der Waals surface area (Å²) in [6, 6.07) is 1.25. The summed E-state index contributed by atoms with van der Waals surface area (Å²) < 4.78 is 58.9. The lowest BCUT2D eigenvalue weighted by molar-refractivity contribution is -0.105. The van der Waals surface area contributed by atoms with Crippen molar-refractivity contribution in [3.63, 3.8) is 0 Å². The van der Waals surface area contributed by atoms with E-state index in [2.05, 4.69) is 8.67 Å². The quantitative estimate of drug-likeness (QED) is 0.205. The van der Waals surface area contributed by atoms with Gasteiger partial charge in [-0.3, -0.25) is 9.11 Å². The van der Waals surface area contributed by atoms with Crippen LogP contribution >= 0.6 is 0 Å². The molecule has 10 nitrogen and oxygen atoms in total. The molecule has 0 unspecified atom stereocenters. The molecular formula is CH4N2O8S2. The molecule has 0 aromatic rings. The van der Waals surface area contributed by atoms with Crippen molar-refractivity contribution in [2.45, 2.75) is 0 Å². The first-order chi connectivity index (χ1) is 5.62. The van der Waals surface area contributed by atoms with Gasteiger partial charge in [0.05, 0.1) is 6.01 Å². The first-order valence-corrected chi connectivity index (χ1v) is 4.76. The van der Waals surface area contributed by atoms with Gasteiger partial charge in [-0.15, -0.1) is 0 Å². The van der Waals surface area contributed by atoms with Gasteiger partial charge in [0, 0.05) is 0 Å². The standard InChI is InChI=1S/CH2N2.H2O8S2/c2-1-3;1-9(2,3)7-8-10(4,5)6/h2-3H;(H,1,2,3)(H,4,5,6). The number of rotatable bonds is 3. The van der Waals surface area contributed by atoms with Crippen LogP contribution in [0.25, 0.3) is 0 Å². The van der Waals surface area contributed by atoms with E-state index in [0.29, 0.717) is 0 Å². The van der Waals surface area contributed by atoms with Crippen molar-refractivity contribution in [1.82, 2.24) is 0 Å². The van der Waals surface area contributed by atoms with Gasteiger partial charge in [0.2, 0.25) is 0 Å². The van der Waals surface area contributed by atoms with E-state index in [0.717, 1.165) is 0 Å². The molecular weight excluding hydrogens is 232 g/mol. The van der Waals surface area contributed by atoms with Crippen molar-refractivity contribution >= 4 is 26.8 Å². The maximum absolute atomic E-state index is 9.51. The molecule has 0 aromatic heterocycles. The first kappa shape index (κ1) is 14.6. The summed E-state index contributed by atoms with van der Waals surface area (Å²) in [5.41, 5.74) is 0. The molecule has 0 aliphatic heterocycles. The van der Waals surface area contributed by atoms with Crippen LogP contribution in [0, 0.1) is 10.8 Å². The molecule has 0 aliphatic carbocycles. The maximum Gasteiger partial charge on any atom is 0.425 e. The van der Waals surface area contributed by atoms with E-state index in [-0.39, 0.29) is 0 Å². The lowest BCUT2D eigenvalue weighted by Gasteiger charge is -1.92. The van der Waals surface area contributed by atoms with Crippen LogP contribution in [0.15, 0.2) is 0 Å². The first-order valence-electron chi connectivity index (χ1n) is 2.03. The molecule has 0 saturated carbocycles. The Bertz CT molecular complexity index is 325. The number of nitrogens with one attached hydrogen (secondary N) is 2. The van der Waals surface area contributed by atoms with Crippen LogP contribution in [0.1, 0.15) is 0 Å². The predicted octanol–water partition coefficient (Wildman–Crippen LogP) is -1.14. The third-order valence-corrected chi connectivity index (χ3v) is 0.766. The van der Waals surface area contributed by atoms with Gasteiger partial charge in [-0.1, -0.05) is 8.67 Å². The summed E-state index contributed by atoms with van der Waals surface area (Å²) in [4.78, 5) is 0. The Morgan fingerprint density at radius 2 is 1.08 bits per heavy atom.